The van der Waals surface area contributed by atoms with E-state index in [1.807, 2.05) is 48.6 Å². The van der Waals surface area contributed by atoms with Crippen molar-refractivity contribution in [3.8, 4) is 0 Å². The Hall–Kier alpha value is -2.85. The summed E-state index contributed by atoms with van der Waals surface area (Å²) >= 11 is 0. The molecule has 2 aromatic carbocycles. The molecule has 4 rings (SSSR count). The number of unbranched alkanes of at least 4 members (excludes halogenated alkanes) is 2. The molecule has 15 heteroatoms. The molecule has 0 spiro atoms. The van der Waals surface area contributed by atoms with Crippen molar-refractivity contribution in [1.82, 2.24) is 10.6 Å². The zero-order chi connectivity index (χ0) is 36.9. The van der Waals surface area contributed by atoms with Gasteiger partial charge < -0.3 is 24.6 Å². The van der Waals surface area contributed by atoms with Gasteiger partial charge in [0.15, 0.2) is 5.71 Å². The van der Waals surface area contributed by atoms with Gasteiger partial charge in [-0.15, -0.1) is 0 Å². The third-order valence-electron chi connectivity index (χ3n) is 9.43. The van der Waals surface area contributed by atoms with E-state index < -0.39 is 37.2 Å². The van der Waals surface area contributed by atoms with Crippen LogP contribution in [0, 0.1) is 0 Å². The number of carbonyl (C=O) groups is 2. The Morgan fingerprint density at radius 1 is 0.882 bits per heavy atom. The second-order valence-electron chi connectivity index (χ2n) is 13.7. The summed E-state index contributed by atoms with van der Waals surface area (Å²) in [5, 5.41) is 5.32. The van der Waals surface area contributed by atoms with Gasteiger partial charge in [-0.05, 0) is 62.9 Å². The van der Waals surface area contributed by atoms with Gasteiger partial charge in [0.25, 0.3) is 5.91 Å². The van der Waals surface area contributed by atoms with Gasteiger partial charge in [0, 0.05) is 84.6 Å². The summed E-state index contributed by atoms with van der Waals surface area (Å²) in [4.78, 5) is 26.7. The van der Waals surface area contributed by atoms with Crippen LogP contribution in [0.2, 0.25) is 0 Å². The first-order valence-electron chi connectivity index (χ1n) is 16.8. The number of allylic oxidation sites excluding steroid dienone is 4. The maximum atomic E-state index is 13.0. The van der Waals surface area contributed by atoms with Crippen molar-refractivity contribution < 1.29 is 69.7 Å². The smallest absolute Gasteiger partial charge is 0.748 e. The molecule has 0 fully saturated rings. The molecule has 2 N–H and O–H groups in total. The van der Waals surface area contributed by atoms with Crippen LogP contribution in [0.5, 0.6) is 0 Å². The number of nitrogens with zero attached hydrogens (tertiary/aromatic N) is 2. The minimum Gasteiger partial charge on any atom is -0.748 e. The third kappa shape index (κ3) is 10.6. The monoisotopic (exact) mass is 750 g/mol. The molecular weight excluding hydrogens is 704 g/mol. The summed E-state index contributed by atoms with van der Waals surface area (Å²) in [5.41, 5.74) is 5.39. The van der Waals surface area contributed by atoms with E-state index in [1.54, 1.807) is 6.07 Å². The first-order valence-corrected chi connectivity index (χ1v) is 19.9. The molecule has 2 aliphatic heterocycles. The van der Waals surface area contributed by atoms with Gasteiger partial charge in [-0.25, -0.2) is 16.8 Å². The summed E-state index contributed by atoms with van der Waals surface area (Å²) in [7, 11) is -7.10. The number of nitrogens with one attached hydrogen (secondary N) is 2. The zero-order valence-electron chi connectivity index (χ0n) is 30.3. The quantitative estimate of drug-likeness (QED) is 0.109. The molecule has 12 nitrogen and oxygen atoms in total. The van der Waals surface area contributed by atoms with Gasteiger partial charge >= 0.3 is 29.6 Å². The normalized spacial score (nSPS) is 17.0. The molecule has 0 saturated carbocycles. The number of hydrogen-bond donors (Lipinski definition) is 2. The van der Waals surface area contributed by atoms with Crippen molar-refractivity contribution in [2.45, 2.75) is 70.6 Å². The first-order chi connectivity index (χ1) is 23.4. The topological polar surface area (TPSA) is 179 Å². The summed E-state index contributed by atoms with van der Waals surface area (Å²) in [5.74, 6) is -1.33. The number of amides is 2. The molecule has 0 unspecified atom stereocenters. The van der Waals surface area contributed by atoms with Crippen LogP contribution in [-0.2, 0) is 35.9 Å². The van der Waals surface area contributed by atoms with Crippen LogP contribution in [0.25, 0.3) is 0 Å². The fraction of sp³-hybridized carbons (Fsp3) is 0.472. The molecular formula is C36H47N4NaO8S2. The van der Waals surface area contributed by atoms with Gasteiger partial charge in [0.2, 0.25) is 11.6 Å². The van der Waals surface area contributed by atoms with E-state index in [4.69, 9.17) is 0 Å². The minimum absolute atomic E-state index is 0. The molecule has 2 aliphatic rings. The Bertz CT molecular complexity index is 1940. The summed E-state index contributed by atoms with van der Waals surface area (Å²) in [6, 6.07) is 13.5. The number of rotatable bonds is 16. The number of fused-ring (bicyclic) bond motifs is 2. The number of carbonyl (C=O) groups excluding carboxylic acids is 2. The van der Waals surface area contributed by atoms with E-state index >= 15 is 0 Å². The average molecular weight is 751 g/mol. The van der Waals surface area contributed by atoms with Crippen molar-refractivity contribution >= 4 is 49.1 Å². The van der Waals surface area contributed by atoms with Crippen LogP contribution in [0.15, 0.2) is 66.4 Å². The van der Waals surface area contributed by atoms with E-state index in [0.29, 0.717) is 31.5 Å². The maximum absolute atomic E-state index is 13.0. The Balaban J connectivity index is 0.00000702. The Morgan fingerprint density at radius 2 is 1.53 bits per heavy atom. The molecule has 2 amide bonds. The largest absolute Gasteiger partial charge is 1.00 e. The van der Waals surface area contributed by atoms with Crippen LogP contribution in [0.1, 0.15) is 81.3 Å². The second-order valence-corrected chi connectivity index (χ2v) is 16.8. The fourth-order valence-corrected chi connectivity index (χ4v) is 7.90. The van der Waals surface area contributed by atoms with Gasteiger partial charge in [-0.3, -0.25) is 9.59 Å². The molecule has 51 heavy (non-hydrogen) atoms. The molecule has 0 aliphatic carbocycles. The molecule has 0 saturated heterocycles. The van der Waals surface area contributed by atoms with Crippen molar-refractivity contribution in [1.29, 1.82) is 0 Å². The Labute approximate surface area is 324 Å². The Kier molecular flexibility index (Phi) is 14.5. The van der Waals surface area contributed by atoms with Crippen LogP contribution in [0.4, 0.5) is 11.4 Å². The van der Waals surface area contributed by atoms with Crippen molar-refractivity contribution in [3.63, 3.8) is 0 Å². The number of benzene rings is 2. The fourth-order valence-electron chi connectivity index (χ4n) is 6.78. The predicted molar refractivity (Wildman–Crippen MR) is 192 cm³/mol. The summed E-state index contributed by atoms with van der Waals surface area (Å²) in [6.07, 6.45) is 7.63. The number of anilines is 1. The molecule has 0 aromatic heterocycles. The summed E-state index contributed by atoms with van der Waals surface area (Å²) < 4.78 is 69.6. The van der Waals surface area contributed by atoms with E-state index in [-0.39, 0.29) is 72.6 Å². The zero-order valence-corrected chi connectivity index (χ0v) is 34.0. The van der Waals surface area contributed by atoms with Crippen LogP contribution < -0.4 is 45.1 Å². The van der Waals surface area contributed by atoms with Crippen LogP contribution in [-0.4, -0.2) is 86.2 Å². The molecule has 2 heterocycles. The number of para-hydroxylation sites is 1. The van der Waals surface area contributed by atoms with E-state index in [2.05, 4.69) is 53.9 Å². The van der Waals surface area contributed by atoms with Crippen molar-refractivity contribution in [3.05, 3.63) is 83.1 Å². The van der Waals surface area contributed by atoms with Gasteiger partial charge in [0.1, 0.15) is 6.54 Å². The van der Waals surface area contributed by atoms with E-state index in [0.717, 1.165) is 33.9 Å². The van der Waals surface area contributed by atoms with E-state index in [1.165, 1.54) is 7.05 Å². The van der Waals surface area contributed by atoms with Gasteiger partial charge in [0.05, 0.1) is 25.7 Å². The first kappa shape index (κ1) is 42.6. The van der Waals surface area contributed by atoms with Crippen molar-refractivity contribution in [2.24, 2.45) is 0 Å². The number of hydrogen-bond acceptors (Lipinski definition) is 9. The molecule has 0 atom stereocenters. The summed E-state index contributed by atoms with van der Waals surface area (Å²) in [6.45, 7) is 9.55. The Morgan fingerprint density at radius 3 is 2.18 bits per heavy atom. The SMILES string of the molecule is CNC(=O)CCNC(=O)c1ccc2c(c1)C(C)(C)/C(=C\C=C\C1=[N+](CCCCS(=O)(=O)[O-])c3ccccc3C1(C)C)N2CCCCS(=O)(=O)[O-].[Na+]. The maximum Gasteiger partial charge on any atom is 1.00 e. The van der Waals surface area contributed by atoms with Crippen LogP contribution in [0.3, 0.4) is 0 Å². The van der Waals surface area contributed by atoms with Gasteiger partial charge in [-0.1, -0.05) is 38.1 Å². The molecule has 0 radical (unpaired) electrons. The predicted octanol–water partition coefficient (Wildman–Crippen LogP) is 0.821. The van der Waals surface area contributed by atoms with Crippen LogP contribution >= 0.6 is 0 Å². The molecule has 0 bridgehead atoms. The van der Waals surface area contributed by atoms with E-state index in [9.17, 15) is 35.5 Å². The standard InChI is InChI=1S/C36H48N4O8S2.Na/c1-35(2)27-13-6-7-14-29(27)39(21-8-10-23-49(43,44)45)31(35)15-12-16-32-36(3,4)28-25-26(34(42)38-20-19-33(41)37-5)17-18-30(28)40(32)22-9-11-24-50(46,47)48;/h6-7,12-18,25H,8-11,19-24H2,1-5H3,(H3-,37,38,41,42,43,44,45,46,47,48);/q;+1/p-1. The average Bonchev–Trinajstić information content (AvgIpc) is 3.38. The second kappa shape index (κ2) is 17.3. The molecule has 272 valence electrons. The molecule has 2 aromatic rings. The van der Waals surface area contributed by atoms with Gasteiger partial charge in [-0.2, -0.15) is 4.58 Å². The third-order valence-corrected chi connectivity index (χ3v) is 11.0. The van der Waals surface area contributed by atoms with Crippen molar-refractivity contribution in [2.75, 3.05) is 43.1 Å². The minimum atomic E-state index is -4.34.